The molecule has 0 aliphatic carbocycles. The van der Waals surface area contributed by atoms with Gasteiger partial charge in [-0.3, -0.25) is 0 Å². The zero-order chi connectivity index (χ0) is 12.9. The zero-order valence-electron chi connectivity index (χ0n) is 11.0. The molecule has 0 aromatic heterocycles. The van der Waals surface area contributed by atoms with Gasteiger partial charge in [0.15, 0.2) is 0 Å². The van der Waals surface area contributed by atoms with Crippen molar-refractivity contribution >= 4 is 21.8 Å². The molecule has 0 radical (unpaired) electrons. The molecule has 2 atom stereocenters. The molecule has 17 heavy (non-hydrogen) atoms. The highest BCUT2D eigenvalue weighted by atomic mass is 32.2. The summed E-state index contributed by atoms with van der Waals surface area (Å²) in [4.78, 5) is 0. The van der Waals surface area contributed by atoms with Crippen LogP contribution >= 0.6 is 11.8 Å². The fourth-order valence-electron chi connectivity index (χ4n) is 2.39. The molecule has 1 aliphatic heterocycles. The van der Waals surface area contributed by atoms with Crippen molar-refractivity contribution in [2.45, 2.75) is 25.3 Å². The van der Waals surface area contributed by atoms with Crippen molar-refractivity contribution < 1.29 is 8.42 Å². The SMILES string of the molecule is CNC(CSC)CC1CCCN(S(C)(=O)=O)C1. The molecule has 0 amide bonds. The van der Waals surface area contributed by atoms with E-state index < -0.39 is 10.0 Å². The molecule has 0 aromatic carbocycles. The maximum atomic E-state index is 11.5. The summed E-state index contributed by atoms with van der Waals surface area (Å²) in [5, 5.41) is 3.32. The summed E-state index contributed by atoms with van der Waals surface area (Å²) in [7, 11) is -1.02. The normalized spacial score (nSPS) is 24.8. The van der Waals surface area contributed by atoms with Crippen LogP contribution in [-0.2, 0) is 10.0 Å². The minimum atomic E-state index is -3.01. The molecule has 1 fully saturated rings. The smallest absolute Gasteiger partial charge is 0.211 e. The van der Waals surface area contributed by atoms with Crippen LogP contribution in [0.4, 0.5) is 0 Å². The summed E-state index contributed by atoms with van der Waals surface area (Å²) in [5.74, 6) is 1.59. The monoisotopic (exact) mass is 280 g/mol. The van der Waals surface area contributed by atoms with Crippen molar-refractivity contribution in [3.8, 4) is 0 Å². The van der Waals surface area contributed by atoms with Gasteiger partial charge in [0.2, 0.25) is 10.0 Å². The number of nitrogens with one attached hydrogen (secondary N) is 1. The Bertz CT molecular complexity index is 319. The maximum Gasteiger partial charge on any atom is 0.211 e. The van der Waals surface area contributed by atoms with E-state index in [-0.39, 0.29) is 0 Å². The van der Waals surface area contributed by atoms with Crippen LogP contribution < -0.4 is 5.32 Å². The zero-order valence-corrected chi connectivity index (χ0v) is 12.6. The largest absolute Gasteiger partial charge is 0.316 e. The van der Waals surface area contributed by atoms with Crippen LogP contribution in [0.1, 0.15) is 19.3 Å². The van der Waals surface area contributed by atoms with Crippen LogP contribution in [0.2, 0.25) is 0 Å². The summed E-state index contributed by atoms with van der Waals surface area (Å²) in [6, 6.07) is 0.495. The van der Waals surface area contributed by atoms with Gasteiger partial charge in [-0.1, -0.05) is 0 Å². The Morgan fingerprint density at radius 2 is 2.24 bits per heavy atom. The number of thioether (sulfide) groups is 1. The van der Waals surface area contributed by atoms with Gasteiger partial charge in [-0.15, -0.1) is 0 Å². The van der Waals surface area contributed by atoms with E-state index in [0.717, 1.165) is 25.0 Å². The molecule has 1 aliphatic rings. The lowest BCUT2D eigenvalue weighted by Crippen LogP contribution is -2.41. The first-order valence-corrected chi connectivity index (χ1v) is 9.33. The predicted molar refractivity (Wildman–Crippen MR) is 75.0 cm³/mol. The van der Waals surface area contributed by atoms with Crippen molar-refractivity contribution in [1.82, 2.24) is 9.62 Å². The van der Waals surface area contributed by atoms with Gasteiger partial charge in [0, 0.05) is 24.9 Å². The lowest BCUT2D eigenvalue weighted by atomic mass is 9.93. The Morgan fingerprint density at radius 1 is 1.53 bits per heavy atom. The third-order valence-electron chi connectivity index (χ3n) is 3.34. The second-order valence-corrected chi connectivity index (χ2v) is 7.70. The Morgan fingerprint density at radius 3 is 2.76 bits per heavy atom. The fraction of sp³-hybridized carbons (Fsp3) is 1.00. The van der Waals surface area contributed by atoms with Crippen LogP contribution in [0.3, 0.4) is 0 Å². The highest BCUT2D eigenvalue weighted by Crippen LogP contribution is 2.23. The topological polar surface area (TPSA) is 49.4 Å². The summed E-state index contributed by atoms with van der Waals surface area (Å²) >= 11 is 1.83. The number of piperidine rings is 1. The van der Waals surface area contributed by atoms with Gasteiger partial charge in [-0.25, -0.2) is 12.7 Å². The van der Waals surface area contributed by atoms with Gasteiger partial charge in [0.25, 0.3) is 0 Å². The summed E-state index contributed by atoms with van der Waals surface area (Å²) < 4.78 is 24.7. The van der Waals surface area contributed by atoms with Crippen molar-refractivity contribution in [3.63, 3.8) is 0 Å². The molecule has 102 valence electrons. The molecule has 1 heterocycles. The molecule has 0 saturated carbocycles. The summed E-state index contributed by atoms with van der Waals surface area (Å²) in [6.45, 7) is 1.40. The highest BCUT2D eigenvalue weighted by molar-refractivity contribution is 7.98. The van der Waals surface area contributed by atoms with Crippen LogP contribution in [0.25, 0.3) is 0 Å². The number of hydrogen-bond donors (Lipinski definition) is 1. The Hall–Kier alpha value is 0.220. The first-order chi connectivity index (χ1) is 7.97. The van der Waals surface area contributed by atoms with Crippen molar-refractivity contribution in [2.24, 2.45) is 5.92 Å². The van der Waals surface area contributed by atoms with Crippen molar-refractivity contribution in [1.29, 1.82) is 0 Å². The molecule has 0 aromatic rings. The summed E-state index contributed by atoms with van der Waals surface area (Å²) in [6.07, 6.45) is 6.64. The third kappa shape index (κ3) is 5.16. The van der Waals surface area contributed by atoms with Gasteiger partial charge in [0.05, 0.1) is 6.26 Å². The Kier molecular flexibility index (Phi) is 6.26. The van der Waals surface area contributed by atoms with E-state index in [2.05, 4.69) is 11.6 Å². The second kappa shape index (κ2) is 6.97. The van der Waals surface area contributed by atoms with Gasteiger partial charge in [0.1, 0.15) is 0 Å². The van der Waals surface area contributed by atoms with Gasteiger partial charge < -0.3 is 5.32 Å². The van der Waals surface area contributed by atoms with Crippen molar-refractivity contribution in [2.75, 3.05) is 38.4 Å². The molecular weight excluding hydrogens is 256 g/mol. The molecule has 0 spiro atoms. The molecule has 1 saturated heterocycles. The lowest BCUT2D eigenvalue weighted by molar-refractivity contribution is 0.244. The third-order valence-corrected chi connectivity index (χ3v) is 5.35. The molecule has 2 unspecified atom stereocenters. The maximum absolute atomic E-state index is 11.5. The van der Waals surface area contributed by atoms with Crippen LogP contribution in [0.15, 0.2) is 0 Å². The quantitative estimate of drug-likeness (QED) is 0.788. The van der Waals surface area contributed by atoms with Crippen LogP contribution in [0.5, 0.6) is 0 Å². The number of sulfonamides is 1. The Balaban J connectivity index is 2.49. The van der Waals surface area contributed by atoms with Crippen LogP contribution in [0, 0.1) is 5.92 Å². The van der Waals surface area contributed by atoms with Crippen LogP contribution in [-0.4, -0.2) is 57.2 Å². The van der Waals surface area contributed by atoms with E-state index in [4.69, 9.17) is 0 Å². The molecular formula is C11H24N2O2S2. The molecule has 0 bridgehead atoms. The average molecular weight is 280 g/mol. The van der Waals surface area contributed by atoms with Gasteiger partial charge >= 0.3 is 0 Å². The fourth-order valence-corrected chi connectivity index (χ4v) is 4.04. The van der Waals surface area contributed by atoms with E-state index in [1.807, 2.05) is 18.8 Å². The van der Waals surface area contributed by atoms with E-state index in [9.17, 15) is 8.42 Å². The Labute approximate surface area is 110 Å². The minimum Gasteiger partial charge on any atom is -0.316 e. The molecule has 1 N–H and O–H groups in total. The van der Waals surface area contributed by atoms with Crippen molar-refractivity contribution in [3.05, 3.63) is 0 Å². The second-order valence-electron chi connectivity index (χ2n) is 4.81. The molecule has 6 heteroatoms. The van der Waals surface area contributed by atoms with E-state index >= 15 is 0 Å². The highest BCUT2D eigenvalue weighted by Gasteiger charge is 2.27. The van der Waals surface area contributed by atoms with Gasteiger partial charge in [-0.2, -0.15) is 11.8 Å². The average Bonchev–Trinajstić information content (AvgIpc) is 2.28. The van der Waals surface area contributed by atoms with E-state index in [0.29, 0.717) is 25.0 Å². The molecule has 4 nitrogen and oxygen atoms in total. The predicted octanol–water partition coefficient (Wildman–Crippen LogP) is 0.999. The molecule has 1 rings (SSSR count). The number of hydrogen-bond acceptors (Lipinski definition) is 4. The minimum absolute atomic E-state index is 0.495. The first-order valence-electron chi connectivity index (χ1n) is 6.08. The van der Waals surface area contributed by atoms with E-state index in [1.165, 1.54) is 6.26 Å². The number of nitrogens with zero attached hydrogens (tertiary/aromatic N) is 1. The summed E-state index contributed by atoms with van der Waals surface area (Å²) in [5.41, 5.74) is 0. The van der Waals surface area contributed by atoms with Gasteiger partial charge in [-0.05, 0) is 38.5 Å². The standard InChI is InChI=1S/C11H24N2O2S2/c1-12-11(9-16-2)7-10-5-4-6-13(8-10)17(3,14)15/h10-12H,4-9H2,1-3H3. The van der Waals surface area contributed by atoms with E-state index in [1.54, 1.807) is 4.31 Å². The first kappa shape index (κ1) is 15.3. The lowest BCUT2D eigenvalue weighted by Gasteiger charge is -2.32. The number of rotatable bonds is 6.